The van der Waals surface area contributed by atoms with Crippen molar-refractivity contribution in [2.45, 2.75) is 6.54 Å². The molecule has 0 bridgehead atoms. The highest BCUT2D eigenvalue weighted by Crippen LogP contribution is 2.24. The van der Waals surface area contributed by atoms with E-state index < -0.39 is 0 Å². The second kappa shape index (κ2) is 5.50. The number of nitrogens with zero attached hydrogens (tertiary/aromatic N) is 3. The van der Waals surface area contributed by atoms with Crippen LogP contribution in [0.1, 0.15) is 4.88 Å². The minimum atomic E-state index is 0.598. The molecule has 0 fully saturated rings. The number of thiophene rings is 1. The van der Waals surface area contributed by atoms with Gasteiger partial charge in [-0.1, -0.05) is 12.1 Å². The molecular weight excluding hydrogens is 326 g/mol. The number of tetrazole rings is 1. The van der Waals surface area contributed by atoms with Crippen LogP contribution in [0.5, 0.6) is 0 Å². The SMILES string of the molecule is Brc1ccsc1CNc1cccc(-c2nn[nH]n2)c1. The van der Waals surface area contributed by atoms with Gasteiger partial charge in [0.1, 0.15) is 0 Å². The molecule has 3 rings (SSSR count). The first-order valence-electron chi connectivity index (χ1n) is 5.62. The van der Waals surface area contributed by atoms with E-state index in [1.54, 1.807) is 11.3 Å². The molecule has 0 spiro atoms. The Kier molecular flexibility index (Phi) is 3.56. The number of H-pyrrole nitrogens is 1. The van der Waals surface area contributed by atoms with Crippen LogP contribution in [0.15, 0.2) is 40.2 Å². The van der Waals surface area contributed by atoms with Gasteiger partial charge in [0.05, 0.1) is 6.54 Å². The predicted octanol–water partition coefficient (Wildman–Crippen LogP) is 3.30. The Morgan fingerprint density at radius 2 is 2.26 bits per heavy atom. The van der Waals surface area contributed by atoms with E-state index in [4.69, 9.17) is 0 Å². The molecule has 1 aromatic carbocycles. The van der Waals surface area contributed by atoms with Crippen molar-refractivity contribution >= 4 is 33.0 Å². The molecule has 0 aliphatic heterocycles. The van der Waals surface area contributed by atoms with E-state index in [2.05, 4.69) is 53.3 Å². The summed E-state index contributed by atoms with van der Waals surface area (Å²) in [6.45, 7) is 0.786. The maximum Gasteiger partial charge on any atom is 0.204 e. The van der Waals surface area contributed by atoms with Crippen molar-refractivity contribution in [2.24, 2.45) is 0 Å². The number of anilines is 1. The zero-order chi connectivity index (χ0) is 13.1. The van der Waals surface area contributed by atoms with Crippen LogP contribution >= 0.6 is 27.3 Å². The fraction of sp³-hybridized carbons (Fsp3) is 0.0833. The number of hydrogen-bond donors (Lipinski definition) is 2. The second-order valence-electron chi connectivity index (χ2n) is 3.86. The first-order valence-corrected chi connectivity index (χ1v) is 7.30. The molecule has 0 saturated heterocycles. The van der Waals surface area contributed by atoms with Gasteiger partial charge in [-0.3, -0.25) is 0 Å². The van der Waals surface area contributed by atoms with Crippen LogP contribution in [0.25, 0.3) is 11.4 Å². The molecule has 2 heterocycles. The molecular formula is C12H10BrN5S. The predicted molar refractivity (Wildman–Crippen MR) is 79.0 cm³/mol. The van der Waals surface area contributed by atoms with E-state index in [1.807, 2.05) is 24.3 Å². The van der Waals surface area contributed by atoms with Crippen molar-refractivity contribution in [1.82, 2.24) is 20.6 Å². The molecule has 0 unspecified atom stereocenters. The van der Waals surface area contributed by atoms with Crippen LogP contribution in [0.2, 0.25) is 0 Å². The smallest absolute Gasteiger partial charge is 0.204 e. The minimum Gasteiger partial charge on any atom is -0.380 e. The van der Waals surface area contributed by atoms with Crippen LogP contribution in [0, 0.1) is 0 Å². The molecule has 96 valence electrons. The molecule has 7 heteroatoms. The monoisotopic (exact) mass is 335 g/mol. The number of hydrogen-bond acceptors (Lipinski definition) is 5. The third-order valence-corrected chi connectivity index (χ3v) is 4.54. The number of nitrogens with one attached hydrogen (secondary N) is 2. The van der Waals surface area contributed by atoms with E-state index in [0.29, 0.717) is 5.82 Å². The molecule has 2 aromatic heterocycles. The third-order valence-electron chi connectivity index (χ3n) is 2.61. The molecule has 2 N–H and O–H groups in total. The van der Waals surface area contributed by atoms with Crippen LogP contribution in [0.4, 0.5) is 5.69 Å². The summed E-state index contributed by atoms with van der Waals surface area (Å²) in [6, 6.07) is 10.0. The van der Waals surface area contributed by atoms with E-state index in [9.17, 15) is 0 Å². The van der Waals surface area contributed by atoms with Crippen molar-refractivity contribution < 1.29 is 0 Å². The lowest BCUT2D eigenvalue weighted by Gasteiger charge is -2.06. The average molecular weight is 336 g/mol. The summed E-state index contributed by atoms with van der Waals surface area (Å²) in [7, 11) is 0. The summed E-state index contributed by atoms with van der Waals surface area (Å²) in [5.41, 5.74) is 1.96. The van der Waals surface area contributed by atoms with Gasteiger partial charge in [0, 0.05) is 20.6 Å². The maximum atomic E-state index is 3.97. The van der Waals surface area contributed by atoms with Gasteiger partial charge in [-0.25, -0.2) is 0 Å². The first kappa shape index (κ1) is 12.3. The molecule has 0 amide bonds. The topological polar surface area (TPSA) is 66.5 Å². The van der Waals surface area contributed by atoms with Gasteiger partial charge in [0.25, 0.3) is 0 Å². The summed E-state index contributed by atoms with van der Waals surface area (Å²) in [4.78, 5) is 1.27. The molecule has 0 radical (unpaired) electrons. The second-order valence-corrected chi connectivity index (χ2v) is 5.72. The Morgan fingerprint density at radius 3 is 3.00 bits per heavy atom. The zero-order valence-electron chi connectivity index (χ0n) is 9.80. The summed E-state index contributed by atoms with van der Waals surface area (Å²) < 4.78 is 1.14. The molecule has 3 aromatic rings. The third kappa shape index (κ3) is 2.82. The lowest BCUT2D eigenvalue weighted by atomic mass is 10.2. The van der Waals surface area contributed by atoms with Crippen LogP contribution in [0.3, 0.4) is 0 Å². The highest BCUT2D eigenvalue weighted by Gasteiger charge is 2.04. The minimum absolute atomic E-state index is 0.598. The Labute approximate surface area is 122 Å². The van der Waals surface area contributed by atoms with Crippen molar-refractivity contribution in [1.29, 1.82) is 0 Å². The van der Waals surface area contributed by atoms with Gasteiger partial charge >= 0.3 is 0 Å². The van der Waals surface area contributed by atoms with Crippen molar-refractivity contribution in [3.05, 3.63) is 45.1 Å². The fourth-order valence-electron chi connectivity index (χ4n) is 1.69. The Morgan fingerprint density at radius 1 is 1.32 bits per heavy atom. The maximum absolute atomic E-state index is 3.97. The van der Waals surface area contributed by atoms with Crippen molar-refractivity contribution in [3.8, 4) is 11.4 Å². The molecule has 5 nitrogen and oxygen atoms in total. The average Bonchev–Trinajstić information content (AvgIpc) is 3.08. The van der Waals surface area contributed by atoms with Crippen molar-refractivity contribution in [2.75, 3.05) is 5.32 Å². The highest BCUT2D eigenvalue weighted by molar-refractivity contribution is 9.10. The summed E-state index contributed by atoms with van der Waals surface area (Å²) in [5.74, 6) is 0.598. The lowest BCUT2D eigenvalue weighted by Crippen LogP contribution is -1.98. The largest absolute Gasteiger partial charge is 0.380 e. The van der Waals surface area contributed by atoms with Gasteiger partial charge < -0.3 is 5.32 Å². The van der Waals surface area contributed by atoms with Gasteiger partial charge in [0.15, 0.2) is 0 Å². The normalized spacial score (nSPS) is 10.6. The fourth-order valence-corrected chi connectivity index (χ4v) is 3.12. The van der Waals surface area contributed by atoms with Gasteiger partial charge in [-0.05, 0) is 44.7 Å². The standard InChI is InChI=1S/C12H10BrN5S/c13-10-4-5-19-11(10)7-14-9-3-1-2-8(6-9)12-15-17-18-16-12/h1-6,14H,7H2,(H,15,16,17,18). The Hall–Kier alpha value is -1.73. The number of rotatable bonds is 4. The van der Waals surface area contributed by atoms with Gasteiger partial charge in [-0.15, -0.1) is 21.5 Å². The number of aromatic nitrogens is 4. The van der Waals surface area contributed by atoms with Crippen LogP contribution < -0.4 is 5.32 Å². The summed E-state index contributed by atoms with van der Waals surface area (Å²) >= 11 is 5.25. The highest BCUT2D eigenvalue weighted by atomic mass is 79.9. The van der Waals surface area contributed by atoms with E-state index in [-0.39, 0.29) is 0 Å². The van der Waals surface area contributed by atoms with Crippen LogP contribution in [-0.2, 0) is 6.54 Å². The number of halogens is 1. The Bertz CT molecular complexity index is 664. The quantitative estimate of drug-likeness (QED) is 0.767. The molecule has 0 aliphatic rings. The zero-order valence-corrected chi connectivity index (χ0v) is 12.2. The molecule has 0 atom stereocenters. The summed E-state index contributed by atoms with van der Waals surface area (Å²) in [5, 5.41) is 19.4. The number of benzene rings is 1. The number of aromatic amines is 1. The first-order chi connectivity index (χ1) is 9.33. The van der Waals surface area contributed by atoms with E-state index in [0.717, 1.165) is 22.3 Å². The Balaban J connectivity index is 1.75. The molecule has 0 saturated carbocycles. The van der Waals surface area contributed by atoms with Gasteiger partial charge in [-0.2, -0.15) is 5.21 Å². The summed E-state index contributed by atoms with van der Waals surface area (Å²) in [6.07, 6.45) is 0. The van der Waals surface area contributed by atoms with E-state index >= 15 is 0 Å². The molecule has 0 aliphatic carbocycles. The lowest BCUT2D eigenvalue weighted by molar-refractivity contribution is 0.881. The van der Waals surface area contributed by atoms with Crippen molar-refractivity contribution in [3.63, 3.8) is 0 Å². The van der Waals surface area contributed by atoms with Crippen LogP contribution in [-0.4, -0.2) is 20.6 Å². The van der Waals surface area contributed by atoms with E-state index in [1.165, 1.54) is 4.88 Å². The van der Waals surface area contributed by atoms with Gasteiger partial charge in [0.2, 0.25) is 5.82 Å². The molecule has 19 heavy (non-hydrogen) atoms.